The lowest BCUT2D eigenvalue weighted by molar-refractivity contribution is -0.127. The van der Waals surface area contributed by atoms with Gasteiger partial charge in [-0.05, 0) is 36.4 Å². The number of fused-ring (bicyclic) bond motifs is 1. The molecule has 1 saturated heterocycles. The Balaban J connectivity index is 1.76. The number of halogens is 2. The van der Waals surface area contributed by atoms with Crippen LogP contribution in [-0.4, -0.2) is 39.2 Å². The highest BCUT2D eigenvalue weighted by Gasteiger charge is 2.21. The minimum Gasteiger partial charge on any atom is -0.342 e. The number of likely N-dealkylation sites (tertiary alicyclic amines) is 1. The maximum atomic E-state index is 13.7. The molecule has 1 aliphatic rings. The number of rotatable bonds is 4. The van der Waals surface area contributed by atoms with Crippen molar-refractivity contribution >= 4 is 39.2 Å². The summed E-state index contributed by atoms with van der Waals surface area (Å²) in [5.74, 6) is -1.49. The molecule has 0 bridgehead atoms. The molecule has 0 spiro atoms. The third kappa shape index (κ3) is 3.61. The Hall–Kier alpha value is -2.26. The van der Waals surface area contributed by atoms with Gasteiger partial charge in [-0.3, -0.25) is 14.2 Å². The van der Waals surface area contributed by atoms with Crippen molar-refractivity contribution in [1.29, 1.82) is 0 Å². The average molecular weight is 407 g/mol. The number of thiophene rings is 1. The first-order valence-corrected chi connectivity index (χ1v) is 10.3. The molecule has 1 aliphatic heterocycles. The fourth-order valence-corrected chi connectivity index (χ4v) is 4.74. The van der Waals surface area contributed by atoms with Crippen LogP contribution in [0, 0.1) is 11.6 Å². The van der Waals surface area contributed by atoms with Crippen LogP contribution in [-0.2, 0) is 4.79 Å². The van der Waals surface area contributed by atoms with Crippen molar-refractivity contribution in [2.24, 2.45) is 0 Å². The van der Waals surface area contributed by atoms with E-state index in [0.717, 1.165) is 55.9 Å². The van der Waals surface area contributed by atoms with Crippen molar-refractivity contribution in [2.45, 2.75) is 18.0 Å². The highest BCUT2D eigenvalue weighted by atomic mass is 32.2. The van der Waals surface area contributed by atoms with E-state index in [0.29, 0.717) is 10.2 Å². The molecule has 0 radical (unpaired) electrons. The van der Waals surface area contributed by atoms with E-state index in [4.69, 9.17) is 0 Å². The van der Waals surface area contributed by atoms with Crippen molar-refractivity contribution in [2.75, 3.05) is 18.8 Å². The van der Waals surface area contributed by atoms with Crippen LogP contribution in [0.4, 0.5) is 8.78 Å². The number of aromatic nitrogens is 2. The zero-order valence-electron chi connectivity index (χ0n) is 14.2. The topological polar surface area (TPSA) is 55.2 Å². The monoisotopic (exact) mass is 407 g/mol. The maximum absolute atomic E-state index is 13.7. The SMILES string of the molecule is O=C(CSc1nc2ccsc2c(=O)n1-c1cc(F)cc(F)c1)N1CCCC1. The Labute approximate surface area is 161 Å². The smallest absolute Gasteiger partial charge is 0.276 e. The van der Waals surface area contributed by atoms with Gasteiger partial charge in [-0.25, -0.2) is 13.8 Å². The van der Waals surface area contributed by atoms with Crippen molar-refractivity contribution in [3.8, 4) is 5.69 Å². The zero-order valence-corrected chi connectivity index (χ0v) is 15.8. The lowest BCUT2D eigenvalue weighted by Gasteiger charge is -2.16. The quantitative estimate of drug-likeness (QED) is 0.491. The van der Waals surface area contributed by atoms with Gasteiger partial charge in [-0.2, -0.15) is 0 Å². The van der Waals surface area contributed by atoms with E-state index in [1.807, 2.05) is 0 Å². The molecule has 1 amide bonds. The van der Waals surface area contributed by atoms with Crippen molar-refractivity contribution in [3.63, 3.8) is 0 Å². The van der Waals surface area contributed by atoms with Crippen molar-refractivity contribution in [3.05, 3.63) is 51.6 Å². The van der Waals surface area contributed by atoms with Crippen LogP contribution in [0.2, 0.25) is 0 Å². The number of hydrogen-bond acceptors (Lipinski definition) is 5. The van der Waals surface area contributed by atoms with Crippen LogP contribution in [0.15, 0.2) is 39.6 Å². The van der Waals surface area contributed by atoms with E-state index < -0.39 is 17.2 Å². The summed E-state index contributed by atoms with van der Waals surface area (Å²) in [6.07, 6.45) is 1.98. The molecular formula is C18H15F2N3O2S2. The second-order valence-corrected chi connectivity index (χ2v) is 8.03. The summed E-state index contributed by atoms with van der Waals surface area (Å²) in [4.78, 5) is 31.5. The van der Waals surface area contributed by atoms with Gasteiger partial charge in [-0.15, -0.1) is 11.3 Å². The third-order valence-corrected chi connectivity index (χ3v) is 6.15. The predicted molar refractivity (Wildman–Crippen MR) is 102 cm³/mol. The van der Waals surface area contributed by atoms with E-state index in [9.17, 15) is 18.4 Å². The molecule has 140 valence electrons. The van der Waals surface area contributed by atoms with E-state index >= 15 is 0 Å². The molecule has 0 saturated carbocycles. The van der Waals surface area contributed by atoms with Crippen LogP contribution in [0.1, 0.15) is 12.8 Å². The maximum Gasteiger partial charge on any atom is 0.276 e. The number of thioether (sulfide) groups is 1. The molecule has 3 aromatic rings. The molecule has 2 aromatic heterocycles. The van der Waals surface area contributed by atoms with E-state index in [1.165, 1.54) is 15.9 Å². The van der Waals surface area contributed by atoms with Crippen LogP contribution >= 0.6 is 23.1 Å². The molecule has 0 atom stereocenters. The Morgan fingerprint density at radius 3 is 2.59 bits per heavy atom. The Morgan fingerprint density at radius 2 is 1.89 bits per heavy atom. The highest BCUT2D eigenvalue weighted by molar-refractivity contribution is 7.99. The summed E-state index contributed by atoms with van der Waals surface area (Å²) >= 11 is 2.32. The lowest BCUT2D eigenvalue weighted by atomic mass is 10.3. The minimum atomic E-state index is -0.785. The number of carbonyl (C=O) groups is 1. The van der Waals surface area contributed by atoms with Gasteiger partial charge in [-0.1, -0.05) is 11.8 Å². The Morgan fingerprint density at radius 1 is 1.19 bits per heavy atom. The number of amides is 1. The number of benzene rings is 1. The van der Waals surface area contributed by atoms with Gasteiger partial charge in [0, 0.05) is 19.2 Å². The van der Waals surface area contributed by atoms with Crippen molar-refractivity contribution < 1.29 is 13.6 Å². The van der Waals surface area contributed by atoms with Gasteiger partial charge < -0.3 is 4.90 Å². The average Bonchev–Trinajstić information content (AvgIpc) is 3.30. The van der Waals surface area contributed by atoms with Gasteiger partial charge in [0.05, 0.1) is 17.0 Å². The lowest BCUT2D eigenvalue weighted by Crippen LogP contribution is -2.29. The summed E-state index contributed by atoms with van der Waals surface area (Å²) in [5, 5.41) is 1.97. The predicted octanol–water partition coefficient (Wildman–Crippen LogP) is 3.44. The molecule has 4 rings (SSSR count). The first kappa shape index (κ1) is 18.1. The highest BCUT2D eigenvalue weighted by Crippen LogP contribution is 2.25. The molecule has 5 nitrogen and oxygen atoms in total. The summed E-state index contributed by atoms with van der Waals surface area (Å²) in [6.45, 7) is 1.47. The molecule has 3 heterocycles. The molecule has 1 fully saturated rings. The van der Waals surface area contributed by atoms with E-state index in [1.54, 1.807) is 16.3 Å². The second-order valence-electron chi connectivity index (χ2n) is 6.17. The number of nitrogens with zero attached hydrogens (tertiary/aromatic N) is 3. The standard InChI is InChI=1S/C18H15F2N3O2S2/c19-11-7-12(20)9-13(8-11)23-17(25)16-14(3-6-26-16)21-18(23)27-10-15(24)22-4-1-2-5-22/h3,6-9H,1-2,4-5,10H2. The molecular weight excluding hydrogens is 392 g/mol. The number of hydrogen-bond donors (Lipinski definition) is 0. The largest absolute Gasteiger partial charge is 0.342 e. The molecule has 27 heavy (non-hydrogen) atoms. The summed E-state index contributed by atoms with van der Waals surface area (Å²) in [5.41, 5.74) is 0.154. The van der Waals surface area contributed by atoms with Gasteiger partial charge in [0.2, 0.25) is 5.91 Å². The Bertz CT molecular complexity index is 1050. The second kappa shape index (κ2) is 7.40. The molecule has 0 unspecified atom stereocenters. The van der Waals surface area contributed by atoms with E-state index in [-0.39, 0.29) is 22.5 Å². The summed E-state index contributed by atoms with van der Waals surface area (Å²) in [6, 6.07) is 4.62. The third-order valence-electron chi connectivity index (χ3n) is 4.34. The van der Waals surface area contributed by atoms with Crippen LogP contribution in [0.3, 0.4) is 0 Å². The van der Waals surface area contributed by atoms with Crippen molar-refractivity contribution in [1.82, 2.24) is 14.5 Å². The summed E-state index contributed by atoms with van der Waals surface area (Å²) in [7, 11) is 0. The van der Waals surface area contributed by atoms with Gasteiger partial charge in [0.25, 0.3) is 5.56 Å². The first-order valence-electron chi connectivity index (χ1n) is 8.40. The van der Waals surface area contributed by atoms with Gasteiger partial charge >= 0.3 is 0 Å². The van der Waals surface area contributed by atoms with Gasteiger partial charge in [0.15, 0.2) is 5.16 Å². The zero-order chi connectivity index (χ0) is 19.0. The number of carbonyl (C=O) groups excluding carboxylic acids is 1. The molecule has 0 N–H and O–H groups in total. The van der Waals surface area contributed by atoms with E-state index in [2.05, 4.69) is 4.98 Å². The van der Waals surface area contributed by atoms with Crippen LogP contribution in [0.5, 0.6) is 0 Å². The summed E-state index contributed by atoms with van der Waals surface area (Å²) < 4.78 is 29.0. The van der Waals surface area contributed by atoms with Gasteiger partial charge in [0.1, 0.15) is 16.3 Å². The normalized spacial score (nSPS) is 14.2. The van der Waals surface area contributed by atoms with Crippen LogP contribution in [0.25, 0.3) is 15.9 Å². The minimum absolute atomic E-state index is 0.0332. The Kier molecular flexibility index (Phi) is 4.96. The van der Waals surface area contributed by atoms with Crippen LogP contribution < -0.4 is 5.56 Å². The molecule has 0 aliphatic carbocycles. The first-order chi connectivity index (χ1) is 13.0. The fraction of sp³-hybridized carbons (Fsp3) is 0.278. The fourth-order valence-electron chi connectivity index (χ4n) is 3.07. The molecule has 1 aromatic carbocycles. The molecule has 9 heteroatoms.